The largest absolute Gasteiger partial charge is 0.264 e. The molecule has 2 rings (SSSR count). The van der Waals surface area contributed by atoms with Crippen LogP contribution in [0.4, 0.5) is 0 Å². The van der Waals surface area contributed by atoms with Crippen molar-refractivity contribution in [3.05, 3.63) is 30.1 Å². The molecular formula is C10H11N3. The van der Waals surface area contributed by atoms with Crippen molar-refractivity contribution in [2.24, 2.45) is 10.2 Å². The summed E-state index contributed by atoms with van der Waals surface area (Å²) in [6, 6.07) is 3.93. The van der Waals surface area contributed by atoms with Gasteiger partial charge in [-0.05, 0) is 18.6 Å². The zero-order chi connectivity index (χ0) is 9.10. The van der Waals surface area contributed by atoms with Crippen LogP contribution in [0.1, 0.15) is 25.3 Å². The van der Waals surface area contributed by atoms with E-state index >= 15 is 0 Å². The van der Waals surface area contributed by atoms with Crippen LogP contribution >= 0.6 is 0 Å². The highest BCUT2D eigenvalue weighted by Gasteiger charge is 2.12. The van der Waals surface area contributed by atoms with Crippen LogP contribution in [-0.4, -0.2) is 16.4 Å². The van der Waals surface area contributed by atoms with Crippen molar-refractivity contribution in [3.8, 4) is 0 Å². The lowest BCUT2D eigenvalue weighted by Crippen LogP contribution is -2.02. The molecule has 0 N–H and O–H groups in total. The van der Waals surface area contributed by atoms with E-state index in [0.717, 1.165) is 29.8 Å². The molecule has 0 radical (unpaired) electrons. The van der Waals surface area contributed by atoms with Crippen LogP contribution in [0.15, 0.2) is 34.7 Å². The Labute approximate surface area is 77.2 Å². The molecule has 3 heteroatoms. The van der Waals surface area contributed by atoms with Gasteiger partial charge in [-0.25, -0.2) is 0 Å². The Kier molecular flexibility index (Phi) is 2.17. The van der Waals surface area contributed by atoms with E-state index in [1.54, 1.807) is 6.20 Å². The number of aromatic nitrogens is 1. The molecule has 1 aliphatic heterocycles. The molecule has 1 aromatic heterocycles. The quantitative estimate of drug-likeness (QED) is 0.674. The Bertz CT molecular complexity index is 352. The second kappa shape index (κ2) is 3.47. The minimum atomic E-state index is 0.877. The molecule has 0 bridgehead atoms. The number of pyridine rings is 1. The fraction of sp³-hybridized carbons (Fsp3) is 0.300. The summed E-state index contributed by atoms with van der Waals surface area (Å²) in [4.78, 5) is 4.05. The summed E-state index contributed by atoms with van der Waals surface area (Å²) in [5, 5.41) is 8.21. The summed E-state index contributed by atoms with van der Waals surface area (Å²) in [7, 11) is 0. The molecule has 1 aliphatic rings. The first kappa shape index (κ1) is 8.10. The molecule has 0 spiro atoms. The van der Waals surface area contributed by atoms with Gasteiger partial charge in [0.05, 0.1) is 5.71 Å². The van der Waals surface area contributed by atoms with Gasteiger partial charge in [0.15, 0.2) is 0 Å². The number of nitrogens with zero attached hydrogens (tertiary/aromatic N) is 3. The molecule has 0 atom stereocenters. The average Bonchev–Trinajstić information content (AvgIpc) is 2.67. The van der Waals surface area contributed by atoms with Gasteiger partial charge in [-0.3, -0.25) is 4.98 Å². The first-order valence-electron chi connectivity index (χ1n) is 4.43. The van der Waals surface area contributed by atoms with Crippen molar-refractivity contribution < 1.29 is 0 Å². The predicted molar refractivity (Wildman–Crippen MR) is 53.1 cm³/mol. The van der Waals surface area contributed by atoms with Crippen LogP contribution < -0.4 is 0 Å². The van der Waals surface area contributed by atoms with Gasteiger partial charge in [-0.1, -0.05) is 6.92 Å². The highest BCUT2D eigenvalue weighted by Crippen LogP contribution is 2.11. The van der Waals surface area contributed by atoms with E-state index in [9.17, 15) is 0 Å². The van der Waals surface area contributed by atoms with E-state index in [0.29, 0.717) is 0 Å². The fourth-order valence-electron chi connectivity index (χ4n) is 1.28. The number of rotatable bonds is 2. The van der Waals surface area contributed by atoms with Gasteiger partial charge in [0.2, 0.25) is 0 Å². The lowest BCUT2D eigenvalue weighted by atomic mass is 10.1. The molecule has 3 nitrogen and oxygen atoms in total. The minimum Gasteiger partial charge on any atom is -0.264 e. The van der Waals surface area contributed by atoms with Gasteiger partial charge >= 0.3 is 0 Å². The predicted octanol–water partition coefficient (Wildman–Crippen LogP) is 2.04. The van der Waals surface area contributed by atoms with Crippen molar-refractivity contribution in [1.82, 2.24) is 4.98 Å². The van der Waals surface area contributed by atoms with E-state index < -0.39 is 0 Å². The molecule has 66 valence electrons. The Morgan fingerprint density at radius 1 is 1.38 bits per heavy atom. The summed E-state index contributed by atoms with van der Waals surface area (Å²) in [5.74, 6) is 0. The Hall–Kier alpha value is -1.51. The maximum atomic E-state index is 4.12. The minimum absolute atomic E-state index is 0.877. The van der Waals surface area contributed by atoms with E-state index in [1.165, 1.54) is 0 Å². The summed E-state index contributed by atoms with van der Waals surface area (Å²) >= 11 is 0. The first-order chi connectivity index (χ1) is 6.40. The SMILES string of the molecule is CCC1=NN=C(c2cccnc2)C1. The molecule has 1 aromatic rings. The Balaban J connectivity index is 2.16. The second-order valence-electron chi connectivity index (χ2n) is 2.98. The molecule has 0 unspecified atom stereocenters. The molecule has 0 amide bonds. The normalized spacial score (nSPS) is 15.5. The summed E-state index contributed by atoms with van der Waals surface area (Å²) < 4.78 is 0. The highest BCUT2D eigenvalue weighted by atomic mass is 15.2. The maximum Gasteiger partial charge on any atom is 0.0774 e. The van der Waals surface area contributed by atoms with E-state index in [-0.39, 0.29) is 0 Å². The van der Waals surface area contributed by atoms with Crippen LogP contribution in [0.3, 0.4) is 0 Å². The number of hydrogen-bond acceptors (Lipinski definition) is 3. The third-order valence-electron chi connectivity index (χ3n) is 2.09. The fourth-order valence-corrected chi connectivity index (χ4v) is 1.28. The second-order valence-corrected chi connectivity index (χ2v) is 2.98. The molecule has 13 heavy (non-hydrogen) atoms. The van der Waals surface area contributed by atoms with Crippen molar-refractivity contribution >= 4 is 11.4 Å². The monoisotopic (exact) mass is 173 g/mol. The van der Waals surface area contributed by atoms with Gasteiger partial charge in [0.1, 0.15) is 0 Å². The van der Waals surface area contributed by atoms with E-state index in [1.807, 2.05) is 18.3 Å². The topological polar surface area (TPSA) is 37.6 Å². The van der Waals surface area contributed by atoms with Crippen LogP contribution in [0.2, 0.25) is 0 Å². The average molecular weight is 173 g/mol. The first-order valence-corrected chi connectivity index (χ1v) is 4.43. The van der Waals surface area contributed by atoms with Crippen LogP contribution in [0, 0.1) is 0 Å². The standard InChI is InChI=1S/C10H11N3/c1-2-9-6-10(13-12-9)8-4-3-5-11-7-8/h3-5,7H,2,6H2,1H3. The molecule has 0 fully saturated rings. The Morgan fingerprint density at radius 2 is 2.31 bits per heavy atom. The van der Waals surface area contributed by atoms with Crippen molar-refractivity contribution in [3.63, 3.8) is 0 Å². The van der Waals surface area contributed by atoms with Crippen molar-refractivity contribution in [1.29, 1.82) is 0 Å². The lowest BCUT2D eigenvalue weighted by Gasteiger charge is -1.97. The van der Waals surface area contributed by atoms with Crippen molar-refractivity contribution in [2.75, 3.05) is 0 Å². The number of hydrogen-bond donors (Lipinski definition) is 0. The summed E-state index contributed by atoms with van der Waals surface area (Å²) in [6.07, 6.45) is 5.45. The van der Waals surface area contributed by atoms with Crippen LogP contribution in [0.25, 0.3) is 0 Å². The highest BCUT2D eigenvalue weighted by molar-refractivity contribution is 6.14. The Morgan fingerprint density at radius 3 is 2.92 bits per heavy atom. The van der Waals surface area contributed by atoms with Crippen LogP contribution in [-0.2, 0) is 0 Å². The molecular weight excluding hydrogens is 162 g/mol. The van der Waals surface area contributed by atoms with Gasteiger partial charge in [-0.15, -0.1) is 0 Å². The van der Waals surface area contributed by atoms with Crippen LogP contribution in [0.5, 0.6) is 0 Å². The third-order valence-corrected chi connectivity index (χ3v) is 2.09. The van der Waals surface area contributed by atoms with Gasteiger partial charge in [0.25, 0.3) is 0 Å². The summed E-state index contributed by atoms with van der Waals surface area (Å²) in [6.45, 7) is 2.10. The maximum absolute atomic E-state index is 4.12. The smallest absolute Gasteiger partial charge is 0.0774 e. The molecule has 0 aliphatic carbocycles. The zero-order valence-electron chi connectivity index (χ0n) is 7.57. The van der Waals surface area contributed by atoms with E-state index in [4.69, 9.17) is 0 Å². The van der Waals surface area contributed by atoms with Gasteiger partial charge in [0, 0.05) is 30.1 Å². The molecule has 0 saturated heterocycles. The van der Waals surface area contributed by atoms with Gasteiger partial charge in [-0.2, -0.15) is 10.2 Å². The molecule has 0 saturated carbocycles. The molecule has 2 heterocycles. The van der Waals surface area contributed by atoms with Crippen molar-refractivity contribution in [2.45, 2.75) is 19.8 Å². The third kappa shape index (κ3) is 1.64. The summed E-state index contributed by atoms with van der Waals surface area (Å²) in [5.41, 5.74) is 3.26. The zero-order valence-corrected chi connectivity index (χ0v) is 7.57. The van der Waals surface area contributed by atoms with E-state index in [2.05, 4.69) is 22.1 Å². The molecule has 0 aromatic carbocycles. The lowest BCUT2D eigenvalue weighted by molar-refractivity contribution is 1.19. The van der Waals surface area contributed by atoms with Gasteiger partial charge < -0.3 is 0 Å².